The topological polar surface area (TPSA) is 81.8 Å². The van der Waals surface area contributed by atoms with E-state index in [0.29, 0.717) is 29.5 Å². The van der Waals surface area contributed by atoms with Gasteiger partial charge < -0.3 is 5.32 Å². The van der Waals surface area contributed by atoms with E-state index in [2.05, 4.69) is 20.3 Å². The van der Waals surface area contributed by atoms with Gasteiger partial charge in [-0.3, -0.25) is 5.32 Å². The lowest BCUT2D eigenvalue weighted by molar-refractivity contribution is 0.609. The van der Waals surface area contributed by atoms with Gasteiger partial charge in [-0.2, -0.15) is 0 Å². The number of hydrogen-bond acceptors (Lipinski definition) is 5. The summed E-state index contributed by atoms with van der Waals surface area (Å²) in [6.45, 7) is 0. The first-order valence-corrected chi connectivity index (χ1v) is 12.8. The first-order valence-electron chi connectivity index (χ1n) is 12.4. The summed E-state index contributed by atoms with van der Waals surface area (Å²) in [4.78, 5) is 9.45. The zero-order chi connectivity index (χ0) is 22.9. The molecule has 3 heterocycles. The molecule has 1 aromatic carbocycles. The molecule has 2 fully saturated rings. The lowest BCUT2D eigenvalue weighted by Gasteiger charge is -2.13. The predicted molar refractivity (Wildman–Crippen MR) is 137 cm³/mol. The molecular formula is C26H29ClN7+. The van der Waals surface area contributed by atoms with Gasteiger partial charge in [0.1, 0.15) is 17.6 Å². The first kappa shape index (κ1) is 21.4. The summed E-state index contributed by atoms with van der Waals surface area (Å²) in [7, 11) is 0. The zero-order valence-corrected chi connectivity index (χ0v) is 19.9. The minimum absolute atomic E-state index is 0.446. The number of fused-ring (bicyclic) bond motifs is 1. The number of halogens is 1. The van der Waals surface area contributed by atoms with E-state index in [1.807, 2.05) is 47.4 Å². The highest BCUT2D eigenvalue weighted by molar-refractivity contribution is 6.30. The molecule has 1 aliphatic heterocycles. The largest absolute Gasteiger partial charge is 0.469 e. The maximum Gasteiger partial charge on any atom is 0.469 e. The molecule has 0 bridgehead atoms. The summed E-state index contributed by atoms with van der Waals surface area (Å²) in [5, 5.41) is 12.9. The van der Waals surface area contributed by atoms with Gasteiger partial charge in [0.15, 0.2) is 0 Å². The van der Waals surface area contributed by atoms with Crippen LogP contribution in [0, 0.1) is 0 Å². The smallest absolute Gasteiger partial charge is 0.351 e. The maximum absolute atomic E-state index is 6.37. The van der Waals surface area contributed by atoms with Crippen molar-refractivity contribution in [1.29, 1.82) is 0 Å². The minimum Gasteiger partial charge on any atom is -0.351 e. The molecule has 0 atom stereocenters. The first-order chi connectivity index (χ1) is 16.7. The van der Waals surface area contributed by atoms with Crippen LogP contribution >= 0.6 is 11.6 Å². The average molecular weight is 475 g/mol. The van der Waals surface area contributed by atoms with Gasteiger partial charge in [0, 0.05) is 22.8 Å². The highest BCUT2D eigenvalue weighted by Gasteiger charge is 2.33. The molecule has 0 radical (unpaired) electrons. The number of aromatic nitrogens is 4. The molecule has 0 amide bonds. The van der Waals surface area contributed by atoms with Crippen LogP contribution in [0.2, 0.25) is 5.02 Å². The Morgan fingerprint density at radius 1 is 0.971 bits per heavy atom. The van der Waals surface area contributed by atoms with Crippen LogP contribution < -0.4 is 15.3 Å². The molecule has 34 heavy (non-hydrogen) atoms. The molecule has 0 saturated heterocycles. The van der Waals surface area contributed by atoms with E-state index in [1.54, 1.807) is 0 Å². The van der Waals surface area contributed by atoms with E-state index in [0.717, 1.165) is 34.2 Å². The highest BCUT2D eigenvalue weighted by atomic mass is 35.5. The predicted octanol–water partition coefficient (Wildman–Crippen LogP) is 4.45. The van der Waals surface area contributed by atoms with Crippen LogP contribution in [0.3, 0.4) is 0 Å². The second-order valence-corrected chi connectivity index (χ2v) is 9.89. The van der Waals surface area contributed by atoms with Gasteiger partial charge in [0.25, 0.3) is 0 Å². The normalized spacial score (nSPS) is 18.2. The van der Waals surface area contributed by atoms with Crippen molar-refractivity contribution in [1.82, 2.24) is 29.7 Å². The molecule has 0 spiro atoms. The van der Waals surface area contributed by atoms with Crippen LogP contribution in [0.1, 0.15) is 57.1 Å². The van der Waals surface area contributed by atoms with Crippen molar-refractivity contribution in [3.8, 4) is 22.5 Å². The van der Waals surface area contributed by atoms with E-state index in [1.165, 1.54) is 51.4 Å². The third-order valence-corrected chi connectivity index (χ3v) is 7.30. The molecule has 0 unspecified atom stereocenters. The lowest BCUT2D eigenvalue weighted by atomic mass is 10.0. The quantitative estimate of drug-likeness (QED) is 0.534. The van der Waals surface area contributed by atoms with Crippen molar-refractivity contribution in [2.45, 2.75) is 69.9 Å². The van der Waals surface area contributed by atoms with Crippen molar-refractivity contribution in [2.75, 3.05) is 5.32 Å². The summed E-state index contributed by atoms with van der Waals surface area (Å²) >= 11 is 6.37. The zero-order valence-electron chi connectivity index (χ0n) is 19.2. The number of hydrogen-bond donors (Lipinski definition) is 2. The Morgan fingerprint density at radius 3 is 2.50 bits per heavy atom. The van der Waals surface area contributed by atoms with Crippen LogP contribution in [0.4, 0.5) is 5.95 Å². The molecule has 174 valence electrons. The number of benzene rings is 1. The fourth-order valence-electron chi connectivity index (χ4n) is 5.37. The molecular weight excluding hydrogens is 446 g/mol. The SMILES string of the molecule is Clc1cccc(-c2nn3c(c2-c2ccnc(NC4CCCC4)n2)CC=[N+]=C3NC2CCCC2)c1. The fourth-order valence-corrected chi connectivity index (χ4v) is 5.56. The number of rotatable bonds is 5. The third-order valence-electron chi connectivity index (χ3n) is 7.07. The molecule has 2 aromatic heterocycles. The molecule has 6 rings (SSSR count). The highest BCUT2D eigenvalue weighted by Crippen LogP contribution is 2.35. The molecule has 8 heteroatoms. The minimum atomic E-state index is 0.446. The van der Waals surface area contributed by atoms with Gasteiger partial charge in [-0.05, 0) is 56.7 Å². The molecule has 2 saturated carbocycles. The Kier molecular flexibility index (Phi) is 5.81. The van der Waals surface area contributed by atoms with E-state index in [-0.39, 0.29) is 0 Å². The molecule has 2 aliphatic carbocycles. The maximum atomic E-state index is 6.37. The van der Waals surface area contributed by atoms with Crippen molar-refractivity contribution >= 4 is 29.7 Å². The number of nitrogens with one attached hydrogen (secondary N) is 2. The van der Waals surface area contributed by atoms with Gasteiger partial charge in [0.05, 0.1) is 23.7 Å². The van der Waals surface area contributed by atoms with Gasteiger partial charge in [-0.1, -0.05) is 41.3 Å². The molecule has 3 aromatic rings. The van der Waals surface area contributed by atoms with Gasteiger partial charge in [-0.25, -0.2) is 14.6 Å². The second-order valence-electron chi connectivity index (χ2n) is 9.45. The number of nitrogens with zero attached hydrogens (tertiary/aromatic N) is 5. The second kappa shape index (κ2) is 9.24. The van der Waals surface area contributed by atoms with E-state index >= 15 is 0 Å². The van der Waals surface area contributed by atoms with Crippen molar-refractivity contribution < 1.29 is 0 Å². The molecule has 7 nitrogen and oxygen atoms in total. The van der Waals surface area contributed by atoms with Crippen molar-refractivity contribution in [3.05, 3.63) is 47.2 Å². The van der Waals surface area contributed by atoms with Crippen LogP contribution in [0.5, 0.6) is 0 Å². The summed E-state index contributed by atoms with van der Waals surface area (Å²) < 4.78 is 6.66. The van der Waals surface area contributed by atoms with Gasteiger partial charge in [-0.15, -0.1) is 5.10 Å². The van der Waals surface area contributed by atoms with Crippen molar-refractivity contribution in [2.24, 2.45) is 0 Å². The standard InChI is InChI=1S/C26H28ClN7/c27-18-7-5-6-17(16-18)24-23(21-12-14-28-25(32-21)30-19-8-1-2-9-19)22-13-15-29-26(34(22)33-24)31-20-10-3-4-11-20/h5-7,12,14-16,19-20H,1-4,8-11,13H2,(H,28,30,32)/p+1. The Bertz CT molecular complexity index is 1260. The summed E-state index contributed by atoms with van der Waals surface area (Å²) in [6.07, 6.45) is 14.2. The summed E-state index contributed by atoms with van der Waals surface area (Å²) in [6, 6.07) is 10.7. The monoisotopic (exact) mass is 474 g/mol. The Morgan fingerprint density at radius 2 is 1.74 bits per heavy atom. The van der Waals surface area contributed by atoms with Gasteiger partial charge in [0.2, 0.25) is 5.95 Å². The van der Waals surface area contributed by atoms with Gasteiger partial charge >= 0.3 is 5.96 Å². The average Bonchev–Trinajstić information content (AvgIpc) is 3.61. The van der Waals surface area contributed by atoms with Crippen LogP contribution in [-0.4, -0.2) is 44.0 Å². The van der Waals surface area contributed by atoms with Crippen LogP contribution in [0.15, 0.2) is 36.5 Å². The third kappa shape index (κ3) is 4.22. The summed E-state index contributed by atoms with van der Waals surface area (Å²) in [5.41, 5.74) is 4.78. The van der Waals surface area contributed by atoms with E-state index in [9.17, 15) is 0 Å². The van der Waals surface area contributed by atoms with Crippen molar-refractivity contribution in [3.63, 3.8) is 0 Å². The van der Waals surface area contributed by atoms with E-state index in [4.69, 9.17) is 21.7 Å². The Labute approximate surface area is 204 Å². The van der Waals surface area contributed by atoms with Crippen LogP contribution in [0.25, 0.3) is 22.5 Å². The molecule has 2 N–H and O–H groups in total. The van der Waals surface area contributed by atoms with E-state index < -0.39 is 0 Å². The Hall–Kier alpha value is -3.15. The lowest BCUT2D eigenvalue weighted by Crippen LogP contribution is -2.42. The fraction of sp³-hybridized carbons (Fsp3) is 0.423. The van der Waals surface area contributed by atoms with Crippen LogP contribution in [-0.2, 0) is 6.42 Å². The number of anilines is 1. The Balaban J connectivity index is 1.44. The molecule has 3 aliphatic rings. The summed E-state index contributed by atoms with van der Waals surface area (Å²) in [5.74, 6) is 1.47.